The van der Waals surface area contributed by atoms with E-state index in [-0.39, 0.29) is 30.5 Å². The van der Waals surface area contributed by atoms with Crippen LogP contribution in [0.3, 0.4) is 0 Å². The lowest BCUT2D eigenvalue weighted by Crippen LogP contribution is -2.43. The van der Waals surface area contributed by atoms with E-state index < -0.39 is 0 Å². The van der Waals surface area contributed by atoms with Crippen molar-refractivity contribution < 1.29 is 14.6 Å². The number of benzene rings is 2. The number of anilines is 1. The Morgan fingerprint density at radius 1 is 1.18 bits per heavy atom. The van der Waals surface area contributed by atoms with Gasteiger partial charge < -0.3 is 20.1 Å². The summed E-state index contributed by atoms with van der Waals surface area (Å²) in [7, 11) is 1.68. The van der Waals surface area contributed by atoms with Crippen molar-refractivity contribution in [2.75, 3.05) is 25.6 Å². The zero-order chi connectivity index (χ0) is 19.3. The Bertz CT molecular complexity index is 908. The second-order valence-corrected chi connectivity index (χ2v) is 8.17. The molecule has 2 aromatic carbocycles. The lowest BCUT2D eigenvalue weighted by atomic mass is 9.82. The number of fused-ring (bicyclic) bond motifs is 3. The third kappa shape index (κ3) is 2.85. The summed E-state index contributed by atoms with van der Waals surface area (Å²) in [5, 5.41) is 13.4. The van der Waals surface area contributed by atoms with Crippen LogP contribution < -0.4 is 10.1 Å². The Labute approximate surface area is 165 Å². The molecule has 146 valence electrons. The van der Waals surface area contributed by atoms with Crippen LogP contribution in [0, 0.1) is 11.8 Å². The van der Waals surface area contributed by atoms with Gasteiger partial charge in [-0.1, -0.05) is 18.2 Å². The van der Waals surface area contributed by atoms with Crippen LogP contribution in [0.15, 0.2) is 42.5 Å². The number of carbonyl (C=O) groups is 1. The van der Waals surface area contributed by atoms with Gasteiger partial charge in [-0.3, -0.25) is 4.79 Å². The number of hydrogen-bond donors (Lipinski definition) is 2. The molecule has 1 aliphatic carbocycles. The van der Waals surface area contributed by atoms with E-state index in [4.69, 9.17) is 4.74 Å². The quantitative estimate of drug-likeness (QED) is 0.856. The summed E-state index contributed by atoms with van der Waals surface area (Å²) >= 11 is 0. The van der Waals surface area contributed by atoms with Gasteiger partial charge >= 0.3 is 0 Å². The first kappa shape index (κ1) is 17.6. The number of methoxy groups -OCH3 is 1. The monoisotopic (exact) mass is 378 g/mol. The van der Waals surface area contributed by atoms with Gasteiger partial charge in [0.1, 0.15) is 5.75 Å². The lowest BCUT2D eigenvalue weighted by molar-refractivity contribution is -0.134. The summed E-state index contributed by atoms with van der Waals surface area (Å²) in [5.74, 6) is 1.59. The van der Waals surface area contributed by atoms with Crippen molar-refractivity contribution in [1.29, 1.82) is 0 Å². The second-order valence-electron chi connectivity index (χ2n) is 8.17. The van der Waals surface area contributed by atoms with Crippen molar-refractivity contribution in [3.8, 4) is 16.9 Å². The first-order chi connectivity index (χ1) is 13.7. The predicted octanol–water partition coefficient (Wildman–Crippen LogP) is 3.45. The number of hydrogen-bond acceptors (Lipinski definition) is 4. The predicted molar refractivity (Wildman–Crippen MR) is 108 cm³/mol. The van der Waals surface area contributed by atoms with E-state index in [1.165, 1.54) is 5.56 Å². The number of ether oxygens (including phenoxy) is 1. The zero-order valence-corrected chi connectivity index (χ0v) is 16.1. The highest BCUT2D eigenvalue weighted by molar-refractivity contribution is 5.83. The fourth-order valence-electron chi connectivity index (χ4n) is 4.86. The average molecular weight is 378 g/mol. The second kappa shape index (κ2) is 6.82. The van der Waals surface area contributed by atoms with Crippen LogP contribution >= 0.6 is 0 Å². The van der Waals surface area contributed by atoms with Gasteiger partial charge in [0, 0.05) is 24.1 Å². The molecule has 1 saturated carbocycles. The minimum absolute atomic E-state index is 0.00262. The van der Waals surface area contributed by atoms with Gasteiger partial charge in [-0.25, -0.2) is 0 Å². The van der Waals surface area contributed by atoms with Crippen molar-refractivity contribution in [1.82, 2.24) is 4.90 Å². The number of nitrogens with one attached hydrogen (secondary N) is 1. The zero-order valence-electron chi connectivity index (χ0n) is 16.1. The molecule has 3 atom stereocenters. The molecule has 1 amide bonds. The standard InChI is InChI=1S/C23H26N2O3/c1-28-17-4-2-3-15(11-17)16-7-8-20-19(12-16)22-18(21(13-26)24-20)9-10-25(22)23(27)14-5-6-14/h2-4,7-8,11-12,14,18,21-22,24,26H,5-6,9-10,13H2,1H3/t18-,21+,22-/m0/s1. The molecule has 0 bridgehead atoms. The van der Waals surface area contributed by atoms with Gasteiger partial charge in [-0.05, 0) is 60.2 Å². The summed E-state index contributed by atoms with van der Waals surface area (Å²) < 4.78 is 5.38. The highest BCUT2D eigenvalue weighted by atomic mass is 16.5. The van der Waals surface area contributed by atoms with E-state index in [0.717, 1.165) is 48.4 Å². The fourth-order valence-corrected chi connectivity index (χ4v) is 4.86. The number of likely N-dealkylation sites (tertiary alicyclic amines) is 1. The van der Waals surface area contributed by atoms with Crippen molar-refractivity contribution in [2.45, 2.75) is 31.3 Å². The Hall–Kier alpha value is -2.53. The molecule has 2 aliphatic heterocycles. The van der Waals surface area contributed by atoms with E-state index in [2.05, 4.69) is 34.5 Å². The lowest BCUT2D eigenvalue weighted by Gasteiger charge is -2.39. The molecule has 0 unspecified atom stereocenters. The van der Waals surface area contributed by atoms with E-state index in [9.17, 15) is 9.90 Å². The summed E-state index contributed by atoms with van der Waals surface area (Å²) in [6, 6.07) is 14.5. The minimum atomic E-state index is -0.00262. The van der Waals surface area contributed by atoms with Crippen molar-refractivity contribution in [2.24, 2.45) is 11.8 Å². The molecule has 3 aliphatic rings. The van der Waals surface area contributed by atoms with Crippen LogP contribution in [0.5, 0.6) is 5.75 Å². The highest BCUT2D eigenvalue weighted by Crippen LogP contribution is 2.49. The summed E-state index contributed by atoms with van der Waals surface area (Å²) in [6.07, 6.45) is 2.97. The molecular weight excluding hydrogens is 352 g/mol. The van der Waals surface area contributed by atoms with Crippen LogP contribution in [-0.2, 0) is 4.79 Å². The molecule has 0 aromatic heterocycles. The van der Waals surface area contributed by atoms with Crippen molar-refractivity contribution >= 4 is 11.6 Å². The molecule has 0 radical (unpaired) electrons. The Morgan fingerprint density at radius 2 is 2.00 bits per heavy atom. The summed E-state index contributed by atoms with van der Waals surface area (Å²) in [5.41, 5.74) is 4.41. The Morgan fingerprint density at radius 3 is 2.75 bits per heavy atom. The number of carbonyl (C=O) groups excluding carboxylic acids is 1. The van der Waals surface area contributed by atoms with Gasteiger partial charge in [0.15, 0.2) is 0 Å². The van der Waals surface area contributed by atoms with E-state index in [1.54, 1.807) is 7.11 Å². The Balaban J connectivity index is 1.57. The number of nitrogens with zero attached hydrogens (tertiary/aromatic N) is 1. The average Bonchev–Trinajstić information content (AvgIpc) is 3.50. The molecule has 2 aromatic rings. The van der Waals surface area contributed by atoms with Crippen LogP contribution in [0.4, 0.5) is 5.69 Å². The van der Waals surface area contributed by atoms with Gasteiger partial charge in [-0.15, -0.1) is 0 Å². The molecule has 2 N–H and O–H groups in total. The fraction of sp³-hybridized carbons (Fsp3) is 0.435. The SMILES string of the molecule is COc1cccc(-c2ccc3c(c2)[C@@H]2[C@@H](CCN2C(=O)C2CC2)[C@@H](CO)N3)c1. The molecule has 2 heterocycles. The van der Waals surface area contributed by atoms with E-state index in [0.29, 0.717) is 5.91 Å². The first-order valence-corrected chi connectivity index (χ1v) is 10.2. The first-order valence-electron chi connectivity index (χ1n) is 10.2. The highest BCUT2D eigenvalue weighted by Gasteiger charge is 2.48. The van der Waals surface area contributed by atoms with Gasteiger partial charge in [0.05, 0.1) is 25.8 Å². The number of aliphatic hydroxyl groups is 1. The minimum Gasteiger partial charge on any atom is -0.497 e. The van der Waals surface area contributed by atoms with Crippen LogP contribution in [0.2, 0.25) is 0 Å². The van der Waals surface area contributed by atoms with Gasteiger partial charge in [-0.2, -0.15) is 0 Å². The third-order valence-electron chi connectivity index (χ3n) is 6.48. The molecule has 5 nitrogen and oxygen atoms in total. The molecule has 0 spiro atoms. The Kier molecular flexibility index (Phi) is 4.27. The maximum atomic E-state index is 12.9. The molecule has 28 heavy (non-hydrogen) atoms. The number of aliphatic hydroxyl groups excluding tert-OH is 1. The van der Waals surface area contributed by atoms with Crippen LogP contribution in [0.1, 0.15) is 30.9 Å². The van der Waals surface area contributed by atoms with Crippen molar-refractivity contribution in [3.63, 3.8) is 0 Å². The smallest absolute Gasteiger partial charge is 0.226 e. The largest absolute Gasteiger partial charge is 0.497 e. The molecule has 5 rings (SSSR count). The molecule has 2 fully saturated rings. The molecule has 1 saturated heterocycles. The number of amides is 1. The maximum Gasteiger partial charge on any atom is 0.226 e. The normalized spacial score (nSPS) is 25.6. The topological polar surface area (TPSA) is 61.8 Å². The van der Waals surface area contributed by atoms with Crippen LogP contribution in [-0.4, -0.2) is 42.2 Å². The maximum absolute atomic E-state index is 12.9. The summed E-state index contributed by atoms with van der Waals surface area (Å²) in [6.45, 7) is 0.870. The van der Waals surface area contributed by atoms with Crippen LogP contribution in [0.25, 0.3) is 11.1 Å². The summed E-state index contributed by atoms with van der Waals surface area (Å²) in [4.78, 5) is 15.0. The van der Waals surface area contributed by atoms with E-state index in [1.807, 2.05) is 18.2 Å². The molecular formula is C23H26N2O3. The number of rotatable bonds is 4. The van der Waals surface area contributed by atoms with Gasteiger partial charge in [0.2, 0.25) is 5.91 Å². The third-order valence-corrected chi connectivity index (χ3v) is 6.48. The van der Waals surface area contributed by atoms with Crippen molar-refractivity contribution in [3.05, 3.63) is 48.0 Å². The van der Waals surface area contributed by atoms with E-state index >= 15 is 0 Å². The van der Waals surface area contributed by atoms with Gasteiger partial charge in [0.25, 0.3) is 0 Å². The molecule has 5 heteroatoms.